The predicted molar refractivity (Wildman–Crippen MR) is 53.9 cm³/mol. The molecule has 0 radical (unpaired) electrons. The van der Waals surface area contributed by atoms with Crippen molar-refractivity contribution in [2.75, 3.05) is 0 Å². The lowest BCUT2D eigenvalue weighted by molar-refractivity contribution is -0.135. The highest BCUT2D eigenvalue weighted by Gasteiger charge is 2.35. The second-order valence-electron chi connectivity index (χ2n) is 4.04. The van der Waals surface area contributed by atoms with Gasteiger partial charge in [0.25, 0.3) is 0 Å². The van der Waals surface area contributed by atoms with E-state index in [-0.39, 0.29) is 11.6 Å². The Morgan fingerprint density at radius 2 is 1.87 bits per heavy atom. The molecule has 2 nitrogen and oxygen atoms in total. The lowest BCUT2D eigenvalue weighted by Crippen LogP contribution is -2.34. The van der Waals surface area contributed by atoms with Crippen LogP contribution >= 0.6 is 0 Å². The van der Waals surface area contributed by atoms with E-state index in [0.717, 1.165) is 0 Å². The Kier molecular flexibility index (Phi) is 4.57. The summed E-state index contributed by atoms with van der Waals surface area (Å²) in [6.07, 6.45) is -5.10. The third-order valence-electron chi connectivity index (χ3n) is 1.73. The van der Waals surface area contributed by atoms with Crippen molar-refractivity contribution in [3.05, 3.63) is 12.2 Å². The first kappa shape index (κ1) is 14.2. The summed E-state index contributed by atoms with van der Waals surface area (Å²) in [5, 5.41) is 0. The highest BCUT2D eigenvalue weighted by atomic mass is 28.4. The minimum atomic E-state index is -4.19. The number of carbonyl (C=O) groups excluding carboxylic acids is 1. The maximum absolute atomic E-state index is 11.9. The van der Waals surface area contributed by atoms with E-state index < -0.39 is 26.9 Å². The first-order valence-electron chi connectivity index (χ1n) is 4.49. The van der Waals surface area contributed by atoms with E-state index in [1.54, 1.807) is 13.1 Å². The Bertz CT molecular complexity index is 259. The van der Waals surface area contributed by atoms with E-state index in [2.05, 4.69) is 6.58 Å². The molecule has 0 aromatic carbocycles. The van der Waals surface area contributed by atoms with Gasteiger partial charge in [-0.1, -0.05) is 6.58 Å². The van der Waals surface area contributed by atoms with Crippen LogP contribution in [0.5, 0.6) is 0 Å². The molecule has 88 valence electrons. The van der Waals surface area contributed by atoms with Crippen molar-refractivity contribution in [2.24, 2.45) is 0 Å². The van der Waals surface area contributed by atoms with Crippen LogP contribution in [0.3, 0.4) is 0 Å². The van der Waals surface area contributed by atoms with Gasteiger partial charge in [0.05, 0.1) is 0 Å². The summed E-state index contributed by atoms with van der Waals surface area (Å²) in [5.41, 5.74) is 0.211. The van der Waals surface area contributed by atoms with Crippen LogP contribution in [0.4, 0.5) is 13.2 Å². The average Bonchev–Trinajstić information content (AvgIpc) is 1.99. The molecular weight excluding hydrogens is 225 g/mol. The molecule has 0 aromatic heterocycles. The van der Waals surface area contributed by atoms with E-state index in [9.17, 15) is 18.0 Å². The number of alkyl halides is 3. The van der Waals surface area contributed by atoms with Gasteiger partial charge in [-0.3, -0.25) is 0 Å². The lowest BCUT2D eigenvalue weighted by Gasteiger charge is -2.23. The van der Waals surface area contributed by atoms with E-state index in [1.807, 2.05) is 0 Å². The summed E-state index contributed by atoms with van der Waals surface area (Å²) in [5.74, 6) is -0.603. The molecule has 0 atom stereocenters. The molecule has 0 saturated heterocycles. The number of hydrogen-bond acceptors (Lipinski definition) is 2. The van der Waals surface area contributed by atoms with E-state index in [0.29, 0.717) is 0 Å². The van der Waals surface area contributed by atoms with Gasteiger partial charge >= 0.3 is 12.1 Å². The van der Waals surface area contributed by atoms with Crippen molar-refractivity contribution >= 4 is 14.3 Å². The maximum atomic E-state index is 11.9. The predicted octanol–water partition coefficient (Wildman–Crippen LogP) is 3.26. The van der Waals surface area contributed by atoms with Crippen molar-refractivity contribution in [2.45, 2.75) is 38.7 Å². The van der Waals surface area contributed by atoms with Crippen LogP contribution in [0, 0.1) is 0 Å². The molecule has 0 aliphatic rings. The molecule has 0 amide bonds. The largest absolute Gasteiger partial charge is 0.516 e. The fourth-order valence-corrected chi connectivity index (χ4v) is 2.50. The quantitative estimate of drug-likeness (QED) is 0.557. The Morgan fingerprint density at radius 3 is 2.20 bits per heavy atom. The van der Waals surface area contributed by atoms with Crippen molar-refractivity contribution in [3.8, 4) is 0 Å². The molecule has 0 saturated carbocycles. The smallest absolute Gasteiger partial charge is 0.388 e. The van der Waals surface area contributed by atoms with Crippen LogP contribution in [0.25, 0.3) is 0 Å². The zero-order valence-electron chi connectivity index (χ0n) is 9.07. The molecule has 0 N–H and O–H groups in total. The minimum absolute atomic E-state index is 0.116. The number of hydrogen-bond donors (Lipinski definition) is 0. The molecule has 15 heavy (non-hydrogen) atoms. The van der Waals surface area contributed by atoms with Gasteiger partial charge < -0.3 is 4.43 Å². The average molecular weight is 240 g/mol. The SMILES string of the molecule is C=C(C)C(=O)O[Si](C)(C)CCC(F)(F)F. The third kappa shape index (κ3) is 7.18. The number of rotatable bonds is 4. The van der Waals surface area contributed by atoms with E-state index in [1.165, 1.54) is 6.92 Å². The van der Waals surface area contributed by atoms with Gasteiger partial charge in [-0.15, -0.1) is 0 Å². The normalized spacial score (nSPS) is 12.4. The highest BCUT2D eigenvalue weighted by Crippen LogP contribution is 2.26. The lowest BCUT2D eigenvalue weighted by atomic mass is 10.4. The molecule has 0 rings (SSSR count). The summed E-state index contributed by atoms with van der Waals surface area (Å²) >= 11 is 0. The summed E-state index contributed by atoms with van der Waals surface area (Å²) in [6, 6.07) is -0.116. The van der Waals surface area contributed by atoms with E-state index >= 15 is 0 Å². The third-order valence-corrected chi connectivity index (χ3v) is 3.92. The van der Waals surface area contributed by atoms with Crippen molar-refractivity contribution in [1.82, 2.24) is 0 Å². The molecule has 6 heteroatoms. The second-order valence-corrected chi connectivity index (χ2v) is 8.27. The van der Waals surface area contributed by atoms with Gasteiger partial charge in [0.1, 0.15) is 0 Å². The Morgan fingerprint density at radius 1 is 1.40 bits per heavy atom. The Hall–Kier alpha value is -0.783. The summed E-state index contributed by atoms with van der Waals surface area (Å²) in [6.45, 7) is 8.01. The Labute approximate surface area is 88.2 Å². The number of carbonyl (C=O) groups is 1. The second kappa shape index (κ2) is 4.83. The van der Waals surface area contributed by atoms with Crippen molar-refractivity contribution in [3.63, 3.8) is 0 Å². The van der Waals surface area contributed by atoms with Crippen LogP contribution in [0.1, 0.15) is 13.3 Å². The van der Waals surface area contributed by atoms with Gasteiger partial charge in [-0.05, 0) is 26.1 Å². The Balaban J connectivity index is 4.19. The zero-order chi connectivity index (χ0) is 12.3. The molecule has 0 spiro atoms. The summed E-state index contributed by atoms with van der Waals surface area (Å²) in [7, 11) is -2.57. The molecular formula is C9H15F3O2Si. The molecule has 0 fully saturated rings. The number of halogens is 3. The first-order chi connectivity index (χ1) is 6.53. The molecule has 0 aliphatic carbocycles. The maximum Gasteiger partial charge on any atom is 0.388 e. The van der Waals surface area contributed by atoms with Crippen LogP contribution in [-0.2, 0) is 9.22 Å². The fourth-order valence-electron chi connectivity index (χ4n) is 0.832. The molecule has 0 heterocycles. The fraction of sp³-hybridized carbons (Fsp3) is 0.667. The van der Waals surface area contributed by atoms with E-state index in [4.69, 9.17) is 4.43 Å². The zero-order valence-corrected chi connectivity index (χ0v) is 10.1. The van der Waals surface area contributed by atoms with Gasteiger partial charge in [0, 0.05) is 12.0 Å². The van der Waals surface area contributed by atoms with Crippen LogP contribution < -0.4 is 0 Å². The highest BCUT2D eigenvalue weighted by molar-refractivity contribution is 6.72. The van der Waals surface area contributed by atoms with Crippen molar-refractivity contribution < 1.29 is 22.4 Å². The monoisotopic (exact) mass is 240 g/mol. The molecule has 0 aromatic rings. The molecule has 0 unspecified atom stereocenters. The van der Waals surface area contributed by atoms with Gasteiger partial charge in [-0.2, -0.15) is 13.2 Å². The van der Waals surface area contributed by atoms with Crippen molar-refractivity contribution in [1.29, 1.82) is 0 Å². The molecule has 0 bridgehead atoms. The van der Waals surface area contributed by atoms with Gasteiger partial charge in [0.15, 0.2) is 0 Å². The minimum Gasteiger partial charge on any atom is -0.516 e. The first-order valence-corrected chi connectivity index (χ1v) is 7.61. The molecule has 0 aliphatic heterocycles. The van der Waals surface area contributed by atoms with Crippen LogP contribution in [-0.4, -0.2) is 20.5 Å². The summed E-state index contributed by atoms with van der Waals surface area (Å²) < 4.78 is 40.8. The summed E-state index contributed by atoms with van der Waals surface area (Å²) in [4.78, 5) is 11.1. The van der Waals surface area contributed by atoms with Crippen LogP contribution in [0.2, 0.25) is 19.1 Å². The van der Waals surface area contributed by atoms with Gasteiger partial charge in [0.2, 0.25) is 8.32 Å². The van der Waals surface area contributed by atoms with Gasteiger partial charge in [-0.25, -0.2) is 4.79 Å². The standard InChI is InChI=1S/C9H15F3O2Si/c1-7(2)8(13)14-15(3,4)6-5-9(10,11)12/h1,5-6H2,2-4H3. The topological polar surface area (TPSA) is 26.3 Å². The van der Waals surface area contributed by atoms with Crippen LogP contribution in [0.15, 0.2) is 12.2 Å².